The van der Waals surface area contributed by atoms with Crippen LogP contribution in [0.5, 0.6) is 0 Å². The fourth-order valence-electron chi connectivity index (χ4n) is 2.04. The molecule has 0 aliphatic heterocycles. The Balaban J connectivity index is 2.80. The lowest BCUT2D eigenvalue weighted by Gasteiger charge is -2.22. The molecule has 0 aliphatic rings. The average molecular weight is 303 g/mol. The van der Waals surface area contributed by atoms with Crippen molar-refractivity contribution in [2.75, 3.05) is 0 Å². The van der Waals surface area contributed by atoms with Gasteiger partial charge in [-0.25, -0.2) is 4.98 Å². The lowest BCUT2D eigenvalue weighted by molar-refractivity contribution is -0.293. The highest BCUT2D eigenvalue weighted by Gasteiger charge is 2.62. The van der Waals surface area contributed by atoms with Gasteiger partial charge in [0, 0.05) is 6.04 Å². The summed E-state index contributed by atoms with van der Waals surface area (Å²) >= 11 is 0. The maximum Gasteiger partial charge on any atom is 0.461 e. The zero-order valence-corrected chi connectivity index (χ0v) is 11.0. The van der Waals surface area contributed by atoms with Gasteiger partial charge >= 0.3 is 12.1 Å². The average Bonchev–Trinajstić information content (AvgIpc) is 2.75. The van der Waals surface area contributed by atoms with Crippen LogP contribution in [0.25, 0.3) is 11.0 Å². The molecule has 21 heavy (non-hydrogen) atoms. The third kappa shape index (κ3) is 2.33. The fraction of sp³-hybridized carbons (Fsp3) is 0.385. The van der Waals surface area contributed by atoms with Gasteiger partial charge in [-0.2, -0.15) is 27.2 Å². The summed E-state index contributed by atoms with van der Waals surface area (Å²) in [7, 11) is 0. The number of imidazole rings is 1. The van der Waals surface area contributed by atoms with Crippen molar-refractivity contribution >= 4 is 11.0 Å². The summed E-state index contributed by atoms with van der Waals surface area (Å²) in [5, 5.41) is 8.76. The highest BCUT2D eigenvalue weighted by Crippen LogP contribution is 2.45. The molecule has 8 heteroatoms. The summed E-state index contributed by atoms with van der Waals surface area (Å²) in [5.74, 6) is -6.43. The second-order valence-corrected chi connectivity index (χ2v) is 4.79. The number of rotatable bonds is 2. The van der Waals surface area contributed by atoms with E-state index in [-0.39, 0.29) is 16.6 Å². The van der Waals surface area contributed by atoms with Gasteiger partial charge < -0.3 is 4.57 Å². The molecule has 0 amide bonds. The Morgan fingerprint density at radius 1 is 1.19 bits per heavy atom. The van der Waals surface area contributed by atoms with Crippen molar-refractivity contribution in [1.82, 2.24) is 9.55 Å². The monoisotopic (exact) mass is 303 g/mol. The molecule has 2 rings (SSSR count). The van der Waals surface area contributed by atoms with Gasteiger partial charge in [0.05, 0.1) is 22.7 Å². The van der Waals surface area contributed by atoms with Crippen molar-refractivity contribution in [3.63, 3.8) is 0 Å². The van der Waals surface area contributed by atoms with E-state index in [1.54, 1.807) is 6.07 Å². The van der Waals surface area contributed by atoms with Gasteiger partial charge in [0.2, 0.25) is 0 Å². The van der Waals surface area contributed by atoms with Gasteiger partial charge in [-0.15, -0.1) is 0 Å². The third-order valence-corrected chi connectivity index (χ3v) is 2.97. The molecule has 0 aliphatic carbocycles. The van der Waals surface area contributed by atoms with Gasteiger partial charge in [0.25, 0.3) is 0 Å². The second-order valence-electron chi connectivity index (χ2n) is 4.79. The maximum absolute atomic E-state index is 13.6. The summed E-state index contributed by atoms with van der Waals surface area (Å²) in [6, 6.07) is 4.99. The molecule has 1 aromatic heterocycles. The first-order valence-electron chi connectivity index (χ1n) is 5.96. The molecule has 0 saturated carbocycles. The van der Waals surface area contributed by atoms with Crippen LogP contribution in [0.4, 0.5) is 22.0 Å². The number of halogens is 5. The quantitative estimate of drug-likeness (QED) is 0.782. The van der Waals surface area contributed by atoms with Crippen LogP contribution in [-0.4, -0.2) is 15.7 Å². The van der Waals surface area contributed by atoms with E-state index in [1.807, 2.05) is 0 Å². The summed E-state index contributed by atoms with van der Waals surface area (Å²) in [4.78, 5) is 3.42. The minimum atomic E-state index is -5.74. The van der Waals surface area contributed by atoms with Crippen LogP contribution < -0.4 is 0 Å². The number of aromatic nitrogens is 2. The zero-order chi connectivity index (χ0) is 16.0. The van der Waals surface area contributed by atoms with Crippen molar-refractivity contribution in [3.05, 3.63) is 29.6 Å². The molecule has 1 aromatic carbocycles. The summed E-state index contributed by atoms with van der Waals surface area (Å²) in [5.41, 5.74) is 0.197. The van der Waals surface area contributed by atoms with Gasteiger partial charge in [-0.3, -0.25) is 0 Å². The molecule has 3 nitrogen and oxygen atoms in total. The zero-order valence-electron chi connectivity index (χ0n) is 11.0. The first kappa shape index (κ1) is 15.2. The van der Waals surface area contributed by atoms with Crippen molar-refractivity contribution < 1.29 is 22.0 Å². The van der Waals surface area contributed by atoms with E-state index in [0.717, 1.165) is 4.57 Å². The minimum Gasteiger partial charge on any atom is -0.320 e. The number of hydrogen-bond donors (Lipinski definition) is 0. The van der Waals surface area contributed by atoms with E-state index in [9.17, 15) is 22.0 Å². The molecule has 112 valence electrons. The molecule has 1 heterocycles. The molecule has 0 radical (unpaired) electrons. The minimum absolute atomic E-state index is 0.0679. The number of alkyl halides is 5. The lowest BCUT2D eigenvalue weighted by atomic mass is 10.2. The van der Waals surface area contributed by atoms with Crippen molar-refractivity contribution in [3.8, 4) is 6.07 Å². The first-order chi connectivity index (χ1) is 9.59. The van der Waals surface area contributed by atoms with Crippen LogP contribution in [0.3, 0.4) is 0 Å². The maximum atomic E-state index is 13.6. The van der Waals surface area contributed by atoms with E-state index < -0.39 is 24.0 Å². The van der Waals surface area contributed by atoms with Gasteiger partial charge in [0.1, 0.15) is 0 Å². The Kier molecular flexibility index (Phi) is 3.40. The molecule has 0 spiro atoms. The highest BCUT2D eigenvalue weighted by atomic mass is 19.4. The summed E-state index contributed by atoms with van der Waals surface area (Å²) < 4.78 is 65.8. The molecule has 0 saturated heterocycles. The van der Waals surface area contributed by atoms with Gasteiger partial charge in [0.15, 0.2) is 5.82 Å². The van der Waals surface area contributed by atoms with E-state index >= 15 is 0 Å². The number of nitrogens with zero attached hydrogens (tertiary/aromatic N) is 3. The second kappa shape index (κ2) is 4.69. The SMILES string of the molecule is CC(C)n1c(C(F)(F)C(F)(F)F)nc2cc(C#N)ccc21. The van der Waals surface area contributed by atoms with Crippen LogP contribution in [-0.2, 0) is 5.92 Å². The molecule has 2 aromatic rings. The van der Waals surface area contributed by atoms with Crippen LogP contribution in [0.2, 0.25) is 0 Å². The third-order valence-electron chi connectivity index (χ3n) is 2.97. The summed E-state index contributed by atoms with van der Waals surface area (Å²) in [6.45, 7) is 2.96. The van der Waals surface area contributed by atoms with Crippen molar-refractivity contribution in [1.29, 1.82) is 5.26 Å². The normalized spacial score (nSPS) is 12.9. The number of benzene rings is 1. The summed E-state index contributed by atoms with van der Waals surface area (Å²) in [6.07, 6.45) is -5.74. The van der Waals surface area contributed by atoms with Crippen LogP contribution in [0, 0.1) is 11.3 Å². The molecule has 0 N–H and O–H groups in total. The fourth-order valence-corrected chi connectivity index (χ4v) is 2.04. The number of fused-ring (bicyclic) bond motifs is 1. The highest BCUT2D eigenvalue weighted by molar-refractivity contribution is 5.78. The topological polar surface area (TPSA) is 41.6 Å². The lowest BCUT2D eigenvalue weighted by Crippen LogP contribution is -2.36. The Morgan fingerprint density at radius 3 is 2.29 bits per heavy atom. The largest absolute Gasteiger partial charge is 0.461 e. The standard InChI is InChI=1S/C13H10F5N3/c1-7(2)21-10-4-3-8(6-19)5-9(10)20-11(21)12(14,15)13(16,17)18/h3-5,7H,1-2H3. The molecule has 0 atom stereocenters. The molecule has 0 fully saturated rings. The van der Waals surface area contributed by atoms with Gasteiger partial charge in [-0.1, -0.05) is 0 Å². The Morgan fingerprint density at radius 2 is 1.81 bits per heavy atom. The number of nitriles is 1. The predicted molar refractivity (Wildman–Crippen MR) is 64.8 cm³/mol. The number of hydrogen-bond acceptors (Lipinski definition) is 2. The molecular formula is C13H10F5N3. The molecule has 0 bridgehead atoms. The Bertz CT molecular complexity index is 722. The van der Waals surface area contributed by atoms with Crippen LogP contribution in [0.15, 0.2) is 18.2 Å². The van der Waals surface area contributed by atoms with Crippen LogP contribution >= 0.6 is 0 Å². The Hall–Kier alpha value is -2.17. The van der Waals surface area contributed by atoms with E-state index in [2.05, 4.69) is 4.98 Å². The van der Waals surface area contributed by atoms with E-state index in [4.69, 9.17) is 5.26 Å². The predicted octanol–water partition coefficient (Wildman–Crippen LogP) is 4.14. The van der Waals surface area contributed by atoms with Crippen molar-refractivity contribution in [2.24, 2.45) is 0 Å². The molecular weight excluding hydrogens is 293 g/mol. The van der Waals surface area contributed by atoms with Gasteiger partial charge in [-0.05, 0) is 32.0 Å². The van der Waals surface area contributed by atoms with E-state index in [0.29, 0.717) is 0 Å². The smallest absolute Gasteiger partial charge is 0.320 e. The Labute approximate surface area is 116 Å². The van der Waals surface area contributed by atoms with Crippen LogP contribution in [0.1, 0.15) is 31.3 Å². The first-order valence-corrected chi connectivity index (χ1v) is 5.96. The van der Waals surface area contributed by atoms with E-state index in [1.165, 1.54) is 32.0 Å². The van der Waals surface area contributed by atoms with Crippen molar-refractivity contribution in [2.45, 2.75) is 32.0 Å². The molecule has 0 unspecified atom stereocenters.